The van der Waals surface area contributed by atoms with Crippen LogP contribution in [0.1, 0.15) is 11.1 Å². The summed E-state index contributed by atoms with van der Waals surface area (Å²) in [4.78, 5) is 0. The lowest BCUT2D eigenvalue weighted by atomic mass is 10.1. The third-order valence-corrected chi connectivity index (χ3v) is 4.75. The Labute approximate surface area is 169 Å². The molecule has 0 unspecified atom stereocenters. The van der Waals surface area contributed by atoms with E-state index >= 15 is 0 Å². The first-order chi connectivity index (χ1) is 14.2. The van der Waals surface area contributed by atoms with Crippen molar-refractivity contribution in [2.75, 3.05) is 14.2 Å². The molecule has 5 heteroatoms. The molecule has 0 aliphatic rings. The van der Waals surface area contributed by atoms with Gasteiger partial charge in [0.05, 0.1) is 13.7 Å². The summed E-state index contributed by atoms with van der Waals surface area (Å²) >= 11 is 0. The van der Waals surface area contributed by atoms with Crippen LogP contribution in [0.2, 0.25) is 0 Å². The average molecular weight is 390 g/mol. The predicted octanol–water partition coefficient (Wildman–Crippen LogP) is 5.54. The highest BCUT2D eigenvalue weighted by atomic mass is 16.5. The predicted molar refractivity (Wildman–Crippen MR) is 111 cm³/mol. The minimum Gasteiger partial charge on any atom is -0.504 e. The molecule has 0 aliphatic carbocycles. The topological polar surface area (TPSA) is 61.1 Å². The van der Waals surface area contributed by atoms with Gasteiger partial charge < -0.3 is 23.7 Å². The minimum atomic E-state index is 0.0628. The number of hydrogen-bond donors (Lipinski definition) is 1. The zero-order chi connectivity index (χ0) is 20.2. The summed E-state index contributed by atoms with van der Waals surface area (Å²) in [5.41, 5.74) is 3.42. The van der Waals surface area contributed by atoms with Crippen LogP contribution in [0.4, 0.5) is 0 Å². The second kappa shape index (κ2) is 8.29. The van der Waals surface area contributed by atoms with Crippen molar-refractivity contribution in [1.82, 2.24) is 0 Å². The van der Waals surface area contributed by atoms with E-state index in [0.29, 0.717) is 30.3 Å². The maximum Gasteiger partial charge on any atom is 0.165 e. The molecule has 1 aromatic heterocycles. The summed E-state index contributed by atoms with van der Waals surface area (Å²) in [5, 5.41) is 11.3. The summed E-state index contributed by atoms with van der Waals surface area (Å²) < 4.78 is 22.6. The SMILES string of the molecule is COCc1c(-c2ccc(OC)cc2)oc2cc(OCc3ccccc3)c(O)cc12. The molecule has 5 nitrogen and oxygen atoms in total. The molecule has 3 aromatic carbocycles. The summed E-state index contributed by atoms with van der Waals surface area (Å²) in [6.45, 7) is 0.717. The lowest BCUT2D eigenvalue weighted by molar-refractivity contribution is 0.185. The van der Waals surface area contributed by atoms with Gasteiger partial charge in [-0.15, -0.1) is 0 Å². The van der Waals surface area contributed by atoms with E-state index in [1.54, 1.807) is 26.4 Å². The van der Waals surface area contributed by atoms with Gasteiger partial charge in [0.25, 0.3) is 0 Å². The molecular weight excluding hydrogens is 368 g/mol. The third-order valence-electron chi connectivity index (χ3n) is 4.75. The number of rotatable bonds is 7. The van der Waals surface area contributed by atoms with Gasteiger partial charge in [-0.25, -0.2) is 0 Å². The highest BCUT2D eigenvalue weighted by molar-refractivity contribution is 5.90. The Balaban J connectivity index is 1.72. The van der Waals surface area contributed by atoms with Crippen molar-refractivity contribution in [3.05, 3.63) is 77.9 Å². The molecule has 0 radical (unpaired) electrons. The molecule has 29 heavy (non-hydrogen) atoms. The summed E-state index contributed by atoms with van der Waals surface area (Å²) in [7, 11) is 3.26. The zero-order valence-electron chi connectivity index (χ0n) is 16.3. The van der Waals surface area contributed by atoms with Crippen molar-refractivity contribution in [3.63, 3.8) is 0 Å². The number of hydrogen-bond acceptors (Lipinski definition) is 5. The van der Waals surface area contributed by atoms with Crippen molar-refractivity contribution < 1.29 is 23.7 Å². The first-order valence-electron chi connectivity index (χ1n) is 9.28. The van der Waals surface area contributed by atoms with Crippen LogP contribution >= 0.6 is 0 Å². The van der Waals surface area contributed by atoms with Crippen LogP contribution in [0, 0.1) is 0 Å². The Kier molecular flexibility index (Phi) is 5.40. The van der Waals surface area contributed by atoms with E-state index in [-0.39, 0.29) is 5.75 Å². The minimum absolute atomic E-state index is 0.0628. The molecular formula is C24H22O5. The number of methoxy groups -OCH3 is 2. The monoisotopic (exact) mass is 390 g/mol. The molecule has 0 fully saturated rings. The Bertz CT molecular complexity index is 1100. The van der Waals surface area contributed by atoms with Gasteiger partial charge in [-0.1, -0.05) is 30.3 Å². The third kappa shape index (κ3) is 3.91. The highest BCUT2D eigenvalue weighted by Gasteiger charge is 2.19. The van der Waals surface area contributed by atoms with E-state index in [0.717, 1.165) is 27.8 Å². The van der Waals surface area contributed by atoms with Gasteiger partial charge in [0, 0.05) is 29.7 Å². The number of benzene rings is 3. The van der Waals surface area contributed by atoms with Crippen molar-refractivity contribution in [2.24, 2.45) is 0 Å². The van der Waals surface area contributed by atoms with E-state index in [1.807, 2.05) is 54.6 Å². The Hall–Kier alpha value is -3.44. The van der Waals surface area contributed by atoms with E-state index in [9.17, 15) is 5.11 Å². The summed E-state index contributed by atoms with van der Waals surface area (Å²) in [6, 6.07) is 20.8. The lowest BCUT2D eigenvalue weighted by Gasteiger charge is -2.08. The van der Waals surface area contributed by atoms with Crippen molar-refractivity contribution in [2.45, 2.75) is 13.2 Å². The Morgan fingerprint density at radius 3 is 2.34 bits per heavy atom. The number of fused-ring (bicyclic) bond motifs is 1. The normalized spacial score (nSPS) is 11.0. The van der Waals surface area contributed by atoms with Gasteiger partial charge in [-0.05, 0) is 35.9 Å². The second-order valence-corrected chi connectivity index (χ2v) is 6.66. The number of furan rings is 1. The van der Waals surface area contributed by atoms with Gasteiger partial charge in [-0.3, -0.25) is 0 Å². The fourth-order valence-corrected chi connectivity index (χ4v) is 3.28. The van der Waals surface area contributed by atoms with Crippen LogP contribution in [0.15, 0.2) is 71.1 Å². The Morgan fingerprint density at radius 1 is 0.897 bits per heavy atom. The number of phenolic OH excluding ortho intramolecular Hbond substituents is 1. The molecule has 4 aromatic rings. The molecule has 1 N–H and O–H groups in total. The molecule has 0 amide bonds. The van der Waals surface area contributed by atoms with Crippen LogP contribution in [0.5, 0.6) is 17.2 Å². The summed E-state index contributed by atoms with van der Waals surface area (Å²) in [6.07, 6.45) is 0. The molecule has 0 saturated heterocycles. The molecule has 0 spiro atoms. The van der Waals surface area contributed by atoms with Gasteiger partial charge >= 0.3 is 0 Å². The van der Waals surface area contributed by atoms with Gasteiger partial charge in [0.15, 0.2) is 11.5 Å². The number of aromatic hydroxyl groups is 1. The van der Waals surface area contributed by atoms with Crippen LogP contribution in [-0.4, -0.2) is 19.3 Å². The van der Waals surface area contributed by atoms with E-state index in [1.165, 1.54) is 0 Å². The van der Waals surface area contributed by atoms with Crippen molar-refractivity contribution in [1.29, 1.82) is 0 Å². The van der Waals surface area contributed by atoms with Gasteiger partial charge in [0.2, 0.25) is 0 Å². The molecule has 4 rings (SSSR count). The molecule has 0 saturated carbocycles. The number of phenols is 1. The average Bonchev–Trinajstić information content (AvgIpc) is 3.10. The van der Waals surface area contributed by atoms with Crippen LogP contribution in [0.3, 0.4) is 0 Å². The first-order valence-corrected chi connectivity index (χ1v) is 9.28. The Morgan fingerprint density at radius 2 is 1.66 bits per heavy atom. The fraction of sp³-hybridized carbons (Fsp3) is 0.167. The van der Waals surface area contributed by atoms with Gasteiger partial charge in [-0.2, -0.15) is 0 Å². The molecule has 0 atom stereocenters. The van der Waals surface area contributed by atoms with Gasteiger partial charge in [0.1, 0.15) is 23.7 Å². The molecule has 0 bridgehead atoms. The standard InChI is InChI=1S/C24H22O5/c1-26-15-20-19-12-21(25)23(28-14-16-6-4-3-5-7-16)13-22(19)29-24(20)17-8-10-18(27-2)11-9-17/h3-13,25H,14-15H2,1-2H3. The maximum atomic E-state index is 10.5. The first kappa shape index (κ1) is 18.9. The molecule has 148 valence electrons. The molecule has 1 heterocycles. The summed E-state index contributed by atoms with van der Waals surface area (Å²) in [5.74, 6) is 1.91. The smallest absolute Gasteiger partial charge is 0.165 e. The quantitative estimate of drug-likeness (QED) is 0.449. The van der Waals surface area contributed by atoms with Crippen LogP contribution < -0.4 is 9.47 Å². The molecule has 0 aliphatic heterocycles. The van der Waals surface area contributed by atoms with E-state index < -0.39 is 0 Å². The van der Waals surface area contributed by atoms with E-state index in [4.69, 9.17) is 18.6 Å². The number of ether oxygens (including phenoxy) is 3. The highest BCUT2D eigenvalue weighted by Crippen LogP contribution is 2.40. The largest absolute Gasteiger partial charge is 0.504 e. The fourth-order valence-electron chi connectivity index (χ4n) is 3.28. The lowest BCUT2D eigenvalue weighted by Crippen LogP contribution is -1.95. The van der Waals surface area contributed by atoms with E-state index in [2.05, 4.69) is 0 Å². The second-order valence-electron chi connectivity index (χ2n) is 6.66. The van der Waals surface area contributed by atoms with Crippen molar-refractivity contribution >= 4 is 11.0 Å². The van der Waals surface area contributed by atoms with Crippen LogP contribution in [0.25, 0.3) is 22.3 Å². The van der Waals surface area contributed by atoms with Crippen LogP contribution in [-0.2, 0) is 18.0 Å². The van der Waals surface area contributed by atoms with Crippen molar-refractivity contribution in [3.8, 4) is 28.6 Å². The maximum absolute atomic E-state index is 10.5. The zero-order valence-corrected chi connectivity index (χ0v) is 16.3.